The van der Waals surface area contributed by atoms with Gasteiger partial charge in [-0.25, -0.2) is 0 Å². The van der Waals surface area contributed by atoms with Crippen molar-refractivity contribution < 1.29 is 34.4 Å². The molecule has 1 radical (unpaired) electrons. The van der Waals surface area contributed by atoms with Crippen LogP contribution in [0.4, 0.5) is 0 Å². The number of furan rings is 1. The minimum Gasteiger partial charge on any atom is -0.512 e. The summed E-state index contributed by atoms with van der Waals surface area (Å²) in [4.78, 5) is 16.6. The number of hydrogen-bond acceptors (Lipinski definition) is 4. The van der Waals surface area contributed by atoms with Crippen molar-refractivity contribution in [1.82, 2.24) is 4.98 Å². The number of ketones is 1. The molecular weight excluding hydrogens is 895 g/mol. The molecule has 0 spiro atoms. The Hall–Kier alpha value is -3.31. The van der Waals surface area contributed by atoms with E-state index >= 15 is 0 Å². The molecule has 0 unspecified atom stereocenters. The van der Waals surface area contributed by atoms with Crippen LogP contribution < -0.4 is 5.19 Å². The minimum atomic E-state index is -1.73. The first-order valence-corrected chi connectivity index (χ1v) is 23.9. The van der Waals surface area contributed by atoms with Crippen molar-refractivity contribution in [1.29, 1.82) is 0 Å². The molecule has 2 heterocycles. The minimum absolute atomic E-state index is 0. The van der Waals surface area contributed by atoms with E-state index in [4.69, 9.17) is 9.40 Å². The van der Waals surface area contributed by atoms with Gasteiger partial charge in [0, 0.05) is 60.9 Å². The molecule has 0 aliphatic heterocycles. The molecule has 0 saturated carbocycles. The van der Waals surface area contributed by atoms with E-state index in [1.165, 1.54) is 22.6 Å². The van der Waals surface area contributed by atoms with Crippen molar-refractivity contribution >= 4 is 40.8 Å². The van der Waals surface area contributed by atoms with Crippen molar-refractivity contribution in [2.75, 3.05) is 0 Å². The van der Waals surface area contributed by atoms with Crippen molar-refractivity contribution in [2.24, 2.45) is 11.8 Å². The fourth-order valence-corrected chi connectivity index (χ4v) is 16.6. The van der Waals surface area contributed by atoms with Crippen molar-refractivity contribution in [3.05, 3.63) is 95.9 Å². The average Bonchev–Trinajstić information content (AvgIpc) is 3.61. The molecule has 6 heteroatoms. The fraction of sp³-hybridized carbons (Fsp3) is 0.490. The Balaban J connectivity index is 0.000000464. The van der Waals surface area contributed by atoms with E-state index in [1.54, 1.807) is 5.19 Å². The van der Waals surface area contributed by atoms with Crippen LogP contribution in [-0.2, 0) is 24.9 Å². The summed E-state index contributed by atoms with van der Waals surface area (Å²) in [6, 6.07) is 26.0. The second-order valence-electron chi connectivity index (χ2n) is 16.8. The Morgan fingerprint density at radius 1 is 0.789 bits per heavy atom. The van der Waals surface area contributed by atoms with E-state index in [0.29, 0.717) is 22.5 Å². The van der Waals surface area contributed by atoms with Crippen LogP contribution in [0, 0.1) is 24.8 Å². The predicted molar refractivity (Wildman–Crippen MR) is 244 cm³/mol. The number of aliphatic hydroxyl groups excluding tert-OH is 1. The first-order chi connectivity index (χ1) is 26.7. The maximum Gasteiger partial charge on any atom is 0.162 e. The van der Waals surface area contributed by atoms with Gasteiger partial charge in [-0.15, -0.1) is 29.1 Å². The number of rotatable bonds is 16. The Morgan fingerprint density at radius 3 is 1.93 bits per heavy atom. The van der Waals surface area contributed by atoms with Gasteiger partial charge in [-0.1, -0.05) is 148 Å². The molecule has 0 amide bonds. The smallest absolute Gasteiger partial charge is 0.162 e. The molecule has 57 heavy (non-hydrogen) atoms. The first-order valence-electron chi connectivity index (χ1n) is 21.6. The largest absolute Gasteiger partial charge is 0.512 e. The summed E-state index contributed by atoms with van der Waals surface area (Å²) in [5.74, 6) is 1.95. The van der Waals surface area contributed by atoms with Crippen LogP contribution in [-0.4, -0.2) is 23.9 Å². The monoisotopic (exact) mass is 965 g/mol. The molecule has 0 bridgehead atoms. The number of aliphatic hydroxyl groups is 1. The van der Waals surface area contributed by atoms with Crippen LogP contribution in [0.2, 0.25) is 16.6 Å². The summed E-state index contributed by atoms with van der Waals surface area (Å²) in [5.41, 5.74) is 8.56. The van der Waals surface area contributed by atoms with Gasteiger partial charge in [0.15, 0.2) is 5.78 Å². The predicted octanol–water partition coefficient (Wildman–Crippen LogP) is 15.1. The van der Waals surface area contributed by atoms with Gasteiger partial charge in [-0.2, -0.15) is 0 Å². The Bertz CT molecular complexity index is 2060. The molecule has 0 aliphatic rings. The van der Waals surface area contributed by atoms with Gasteiger partial charge in [0.25, 0.3) is 0 Å². The van der Waals surface area contributed by atoms with Gasteiger partial charge in [0.1, 0.15) is 11.3 Å². The van der Waals surface area contributed by atoms with E-state index in [1.807, 2.05) is 33.9 Å². The van der Waals surface area contributed by atoms with Crippen LogP contribution in [0.25, 0.3) is 44.3 Å². The van der Waals surface area contributed by atoms with Gasteiger partial charge in [-0.05, 0) is 72.8 Å². The van der Waals surface area contributed by atoms with E-state index in [2.05, 4.69) is 129 Å². The van der Waals surface area contributed by atoms with Gasteiger partial charge in [0.05, 0.1) is 13.8 Å². The molecule has 0 aliphatic carbocycles. The standard InChI is InChI=1S/C38H46NOSi.C13H24O2.Ir/c1-10-28(11-2)35-22-31(21-29-14-12-13-15-34(29)35)37-38-30(18-19-39-37)23-36(40-38)33-17-16-32(20-27(33)9)41(24(3)4,25(5)6)26(7)8;1-5-10(6-2)12(14)9-13(15)11(7-3)8-4;/h12-20,22-26,28H,10-11H2,1-9H3;9-11,14H,5-8H2,1-4H3;/q-1;;/b;12-9-;. The van der Waals surface area contributed by atoms with Gasteiger partial charge < -0.3 is 9.52 Å². The number of nitrogens with zero attached hydrogens (tertiary/aromatic N) is 1. The summed E-state index contributed by atoms with van der Waals surface area (Å²) < 4.78 is 6.68. The average molecular weight is 965 g/mol. The van der Waals surface area contributed by atoms with Gasteiger partial charge >= 0.3 is 0 Å². The molecule has 1 N–H and O–H groups in total. The van der Waals surface area contributed by atoms with Crippen LogP contribution in [0.1, 0.15) is 139 Å². The maximum atomic E-state index is 11.7. The number of fused-ring (bicyclic) bond motifs is 2. The quantitative estimate of drug-likeness (QED) is 0.0463. The number of aromatic nitrogens is 1. The molecule has 5 aromatic rings. The Labute approximate surface area is 359 Å². The molecule has 3 aromatic carbocycles. The third kappa shape index (κ3) is 10.3. The number of carbonyl (C=O) groups is 1. The zero-order chi connectivity index (χ0) is 41.3. The molecule has 0 atom stereocenters. The van der Waals surface area contributed by atoms with Crippen LogP contribution in [0.15, 0.2) is 83.1 Å². The van der Waals surface area contributed by atoms with E-state index < -0.39 is 8.07 Å². The second-order valence-corrected chi connectivity index (χ2v) is 22.7. The van der Waals surface area contributed by atoms with Crippen molar-refractivity contribution in [3.8, 4) is 22.6 Å². The molecule has 311 valence electrons. The number of benzene rings is 3. The molecular formula is C51H70IrNO3Si-. The summed E-state index contributed by atoms with van der Waals surface area (Å²) >= 11 is 0. The number of aryl methyl sites for hydroxylation is 1. The Morgan fingerprint density at radius 2 is 1.39 bits per heavy atom. The van der Waals surface area contributed by atoms with Crippen molar-refractivity contribution in [2.45, 2.75) is 151 Å². The van der Waals surface area contributed by atoms with Crippen LogP contribution in [0.3, 0.4) is 0 Å². The number of hydrogen-bond donors (Lipinski definition) is 1. The maximum absolute atomic E-state index is 11.7. The summed E-state index contributed by atoms with van der Waals surface area (Å²) in [6.45, 7) is 29.5. The van der Waals surface area contributed by atoms with E-state index in [-0.39, 0.29) is 43.5 Å². The van der Waals surface area contributed by atoms with Crippen LogP contribution >= 0.6 is 0 Å². The summed E-state index contributed by atoms with van der Waals surface area (Å²) in [7, 11) is -1.73. The molecule has 0 fully saturated rings. The number of carbonyl (C=O) groups excluding carboxylic acids is 1. The molecule has 0 saturated heterocycles. The normalized spacial score (nSPS) is 12.4. The third-order valence-electron chi connectivity index (χ3n) is 12.9. The summed E-state index contributed by atoms with van der Waals surface area (Å²) in [5, 5.41) is 14.8. The van der Waals surface area contributed by atoms with Gasteiger partial charge in [-0.3, -0.25) is 9.78 Å². The van der Waals surface area contributed by atoms with Crippen molar-refractivity contribution in [3.63, 3.8) is 0 Å². The summed E-state index contributed by atoms with van der Waals surface area (Å²) in [6.07, 6.45) is 9.02. The molecule has 2 aromatic heterocycles. The first kappa shape index (κ1) is 48.1. The second kappa shape index (κ2) is 21.6. The van der Waals surface area contributed by atoms with E-state index in [0.717, 1.165) is 77.5 Å². The zero-order valence-electron chi connectivity index (χ0n) is 37.2. The number of pyridine rings is 1. The zero-order valence-corrected chi connectivity index (χ0v) is 40.6. The topological polar surface area (TPSA) is 63.3 Å². The third-order valence-corrected chi connectivity index (χ3v) is 19.9. The SMILES string of the molecule is CCC(CC)C(=O)/C=C(\O)C(CC)CC.CCC(CC)c1cc(-c2nccc3cc(-c4ccc([Si](C(C)C)(C(C)C)C(C)C)cc4C)oc23)[c-]c2ccccc12.[Ir]. The molecule has 5 rings (SSSR count). The fourth-order valence-electron chi connectivity index (χ4n) is 9.73. The molecule has 4 nitrogen and oxygen atoms in total. The van der Waals surface area contributed by atoms with Crippen LogP contribution in [0.5, 0.6) is 0 Å². The van der Waals surface area contributed by atoms with E-state index in [9.17, 15) is 9.90 Å². The van der Waals surface area contributed by atoms with Gasteiger partial charge in [0.2, 0.25) is 0 Å². The Kier molecular flexibility index (Phi) is 18.2. The number of allylic oxidation sites excluding steroid dienone is 2.